The molecule has 0 aliphatic heterocycles. The minimum absolute atomic E-state index is 0.0763. The maximum Gasteiger partial charge on any atom is 0.339 e. The largest absolute Gasteiger partial charge is 0.465 e. The van der Waals surface area contributed by atoms with Crippen LogP contribution in [0.3, 0.4) is 0 Å². The van der Waals surface area contributed by atoms with E-state index in [0.29, 0.717) is 40.5 Å². The Labute approximate surface area is 187 Å². The van der Waals surface area contributed by atoms with Crippen molar-refractivity contribution >= 4 is 35.0 Å². The number of methoxy groups -OCH3 is 2. The van der Waals surface area contributed by atoms with Crippen LogP contribution < -0.4 is 0 Å². The number of aromatic nitrogens is 3. The highest BCUT2D eigenvalue weighted by molar-refractivity contribution is 7.99. The second-order valence-corrected chi connectivity index (χ2v) is 7.73. The number of esters is 1. The molecule has 0 N–H and O–H groups in total. The molecule has 0 saturated heterocycles. The molecule has 162 valence electrons. The number of nitro benzene ring substituents is 1. The Morgan fingerprint density at radius 3 is 2.68 bits per heavy atom. The molecule has 0 radical (unpaired) electrons. The second-order valence-electron chi connectivity index (χ2n) is 6.32. The zero-order valence-electron chi connectivity index (χ0n) is 16.8. The normalized spacial score (nSPS) is 10.8. The molecule has 2 aromatic carbocycles. The standard InChI is InChI=1S/C20H19ClN4O5S/c1-29-11-5-10-24-18(14-6-3-4-7-16(14)21)22-23-20(24)31-17-9-8-13(25(27)28)12-15(17)19(26)30-2/h3-4,6-9,12H,5,10-11H2,1-2H3. The summed E-state index contributed by atoms with van der Waals surface area (Å²) >= 11 is 7.52. The summed E-state index contributed by atoms with van der Waals surface area (Å²) in [6.45, 7) is 1.08. The van der Waals surface area contributed by atoms with E-state index in [9.17, 15) is 14.9 Å². The molecular formula is C20H19ClN4O5S. The van der Waals surface area contributed by atoms with Gasteiger partial charge in [-0.1, -0.05) is 23.7 Å². The number of nitro groups is 1. The molecule has 31 heavy (non-hydrogen) atoms. The molecule has 0 saturated carbocycles. The third-order valence-corrected chi connectivity index (χ3v) is 5.73. The molecule has 0 aliphatic carbocycles. The van der Waals surface area contributed by atoms with Gasteiger partial charge < -0.3 is 14.0 Å². The van der Waals surface area contributed by atoms with Gasteiger partial charge in [-0.25, -0.2) is 4.79 Å². The van der Waals surface area contributed by atoms with Crippen LogP contribution in [0.15, 0.2) is 52.5 Å². The lowest BCUT2D eigenvalue weighted by Gasteiger charge is -2.12. The van der Waals surface area contributed by atoms with Gasteiger partial charge in [0, 0.05) is 42.9 Å². The quantitative estimate of drug-likeness (QED) is 0.198. The number of carbonyl (C=O) groups excluding carboxylic acids is 1. The lowest BCUT2D eigenvalue weighted by molar-refractivity contribution is -0.384. The molecule has 0 spiro atoms. The molecule has 0 aliphatic rings. The van der Waals surface area contributed by atoms with Crippen molar-refractivity contribution in [1.82, 2.24) is 14.8 Å². The molecule has 0 bridgehead atoms. The number of benzene rings is 2. The van der Waals surface area contributed by atoms with Gasteiger partial charge in [-0.3, -0.25) is 10.1 Å². The van der Waals surface area contributed by atoms with E-state index >= 15 is 0 Å². The van der Waals surface area contributed by atoms with E-state index in [-0.39, 0.29) is 11.3 Å². The summed E-state index contributed by atoms with van der Waals surface area (Å²) in [5.74, 6) is -0.103. The van der Waals surface area contributed by atoms with Gasteiger partial charge in [-0.2, -0.15) is 0 Å². The van der Waals surface area contributed by atoms with Crippen molar-refractivity contribution in [2.24, 2.45) is 0 Å². The van der Waals surface area contributed by atoms with Crippen LogP contribution in [0.5, 0.6) is 0 Å². The first-order chi connectivity index (χ1) is 15.0. The Bertz CT molecular complexity index is 1100. The van der Waals surface area contributed by atoms with Gasteiger partial charge in [0.05, 0.1) is 22.6 Å². The number of hydrogen-bond donors (Lipinski definition) is 0. The number of rotatable bonds is 9. The number of halogens is 1. The van der Waals surface area contributed by atoms with E-state index in [4.69, 9.17) is 21.1 Å². The lowest BCUT2D eigenvalue weighted by atomic mass is 10.2. The highest BCUT2D eigenvalue weighted by Crippen LogP contribution is 2.35. The van der Waals surface area contributed by atoms with Gasteiger partial charge in [0.2, 0.25) is 0 Å². The average molecular weight is 463 g/mol. The van der Waals surface area contributed by atoms with Crippen LogP contribution >= 0.6 is 23.4 Å². The van der Waals surface area contributed by atoms with Crippen LogP contribution in [0.2, 0.25) is 5.02 Å². The third kappa shape index (κ3) is 5.22. The molecular weight excluding hydrogens is 444 g/mol. The van der Waals surface area contributed by atoms with Gasteiger partial charge in [0.25, 0.3) is 5.69 Å². The summed E-state index contributed by atoms with van der Waals surface area (Å²) in [7, 11) is 2.84. The van der Waals surface area contributed by atoms with Crippen molar-refractivity contribution in [3.63, 3.8) is 0 Å². The predicted octanol–water partition coefficient (Wildman–Crippen LogP) is 4.48. The van der Waals surface area contributed by atoms with Gasteiger partial charge in [-0.15, -0.1) is 10.2 Å². The fraction of sp³-hybridized carbons (Fsp3) is 0.250. The van der Waals surface area contributed by atoms with E-state index in [2.05, 4.69) is 10.2 Å². The van der Waals surface area contributed by atoms with Gasteiger partial charge in [0.15, 0.2) is 11.0 Å². The Balaban J connectivity index is 2.04. The summed E-state index contributed by atoms with van der Waals surface area (Å²) in [4.78, 5) is 23.2. The molecule has 1 heterocycles. The Hall–Kier alpha value is -2.95. The number of nitrogens with zero attached hydrogens (tertiary/aromatic N) is 4. The van der Waals surface area contributed by atoms with Crippen LogP contribution in [0, 0.1) is 10.1 Å². The van der Waals surface area contributed by atoms with Crippen LogP contribution in [-0.2, 0) is 16.0 Å². The Morgan fingerprint density at radius 2 is 2.00 bits per heavy atom. The molecule has 3 aromatic rings. The number of hydrogen-bond acceptors (Lipinski definition) is 8. The van der Waals surface area contributed by atoms with E-state index in [1.54, 1.807) is 13.2 Å². The summed E-state index contributed by atoms with van der Waals surface area (Å²) in [5.41, 5.74) is 0.591. The van der Waals surface area contributed by atoms with Crippen molar-refractivity contribution in [3.05, 3.63) is 63.2 Å². The first-order valence-electron chi connectivity index (χ1n) is 9.18. The molecule has 0 amide bonds. The van der Waals surface area contributed by atoms with Crippen LogP contribution in [0.1, 0.15) is 16.8 Å². The van der Waals surface area contributed by atoms with Crippen LogP contribution in [0.25, 0.3) is 11.4 Å². The van der Waals surface area contributed by atoms with Crippen LogP contribution in [-0.4, -0.2) is 46.5 Å². The highest BCUT2D eigenvalue weighted by atomic mass is 35.5. The van der Waals surface area contributed by atoms with Crippen LogP contribution in [0.4, 0.5) is 5.69 Å². The van der Waals surface area contributed by atoms with Crippen molar-refractivity contribution in [2.75, 3.05) is 20.8 Å². The zero-order chi connectivity index (χ0) is 22.4. The zero-order valence-corrected chi connectivity index (χ0v) is 18.4. The molecule has 9 nitrogen and oxygen atoms in total. The summed E-state index contributed by atoms with van der Waals surface area (Å²) in [6.07, 6.45) is 0.698. The maximum atomic E-state index is 12.2. The number of non-ortho nitro benzene ring substituents is 1. The highest BCUT2D eigenvalue weighted by Gasteiger charge is 2.22. The van der Waals surface area contributed by atoms with E-state index < -0.39 is 10.9 Å². The van der Waals surface area contributed by atoms with E-state index in [0.717, 1.165) is 5.56 Å². The fourth-order valence-corrected chi connectivity index (χ4v) is 4.04. The summed E-state index contributed by atoms with van der Waals surface area (Å²) in [5, 5.41) is 20.7. The second kappa shape index (κ2) is 10.4. The third-order valence-electron chi connectivity index (χ3n) is 4.34. The Kier molecular flexibility index (Phi) is 7.61. The SMILES string of the molecule is COCCCn1c(Sc2ccc([N+](=O)[O-])cc2C(=O)OC)nnc1-c1ccccc1Cl. The predicted molar refractivity (Wildman–Crippen MR) is 116 cm³/mol. The smallest absolute Gasteiger partial charge is 0.339 e. The minimum Gasteiger partial charge on any atom is -0.465 e. The van der Waals surface area contributed by atoms with Crippen molar-refractivity contribution in [1.29, 1.82) is 0 Å². The van der Waals surface area contributed by atoms with Gasteiger partial charge >= 0.3 is 5.97 Å². The first-order valence-corrected chi connectivity index (χ1v) is 10.4. The first kappa shape index (κ1) is 22.7. The number of carbonyl (C=O) groups is 1. The average Bonchev–Trinajstić information content (AvgIpc) is 3.16. The summed E-state index contributed by atoms with van der Waals surface area (Å²) < 4.78 is 11.8. The molecule has 3 rings (SSSR count). The number of ether oxygens (including phenoxy) is 2. The molecule has 1 aromatic heterocycles. The Morgan fingerprint density at radius 1 is 1.23 bits per heavy atom. The van der Waals surface area contributed by atoms with E-state index in [1.807, 2.05) is 22.8 Å². The summed E-state index contributed by atoms with van der Waals surface area (Å²) in [6, 6.07) is 11.3. The minimum atomic E-state index is -0.678. The van der Waals surface area contributed by atoms with Gasteiger partial charge in [0.1, 0.15) is 0 Å². The molecule has 0 fully saturated rings. The fourth-order valence-electron chi connectivity index (χ4n) is 2.86. The lowest BCUT2D eigenvalue weighted by Crippen LogP contribution is -2.07. The monoisotopic (exact) mass is 462 g/mol. The van der Waals surface area contributed by atoms with E-state index in [1.165, 1.54) is 37.1 Å². The molecule has 0 unspecified atom stereocenters. The molecule has 11 heteroatoms. The van der Waals surface area contributed by atoms with Crippen molar-refractivity contribution in [2.45, 2.75) is 23.0 Å². The molecule has 0 atom stereocenters. The van der Waals surface area contributed by atoms with Gasteiger partial charge in [-0.05, 0) is 36.4 Å². The van der Waals surface area contributed by atoms with Crippen molar-refractivity contribution in [3.8, 4) is 11.4 Å². The topological polar surface area (TPSA) is 109 Å². The maximum absolute atomic E-state index is 12.2. The van der Waals surface area contributed by atoms with Crippen molar-refractivity contribution < 1.29 is 19.2 Å².